The molecule has 1 heterocycles. The molecule has 0 saturated heterocycles. The molecular weight excluding hydrogens is 232 g/mol. The first kappa shape index (κ1) is 13.0. The van der Waals surface area contributed by atoms with Crippen LogP contribution in [0.4, 0.5) is 0 Å². The van der Waals surface area contributed by atoms with Gasteiger partial charge < -0.3 is 10.5 Å². The van der Waals surface area contributed by atoms with Crippen molar-refractivity contribution in [2.24, 2.45) is 11.7 Å². The van der Waals surface area contributed by atoms with Crippen molar-refractivity contribution in [3.05, 3.63) is 11.9 Å². The minimum atomic E-state index is -0.385. The summed E-state index contributed by atoms with van der Waals surface area (Å²) in [7, 11) is 0. The Kier molecular flexibility index (Phi) is 4.69. The second-order valence-electron chi connectivity index (χ2n) is 4.76. The number of hydrogen-bond donors (Lipinski definition) is 1. The Morgan fingerprint density at radius 1 is 1.44 bits per heavy atom. The lowest BCUT2D eigenvalue weighted by atomic mass is 9.90. The molecule has 6 nitrogen and oxygen atoms in total. The van der Waals surface area contributed by atoms with Crippen LogP contribution in [0.5, 0.6) is 0 Å². The van der Waals surface area contributed by atoms with Crippen molar-refractivity contribution in [2.75, 3.05) is 13.2 Å². The van der Waals surface area contributed by atoms with Gasteiger partial charge in [0.05, 0.1) is 19.3 Å². The van der Waals surface area contributed by atoms with Crippen LogP contribution in [0.3, 0.4) is 0 Å². The van der Waals surface area contributed by atoms with Crippen LogP contribution in [-0.2, 0) is 11.3 Å². The van der Waals surface area contributed by atoms with Gasteiger partial charge in [-0.1, -0.05) is 24.5 Å². The summed E-state index contributed by atoms with van der Waals surface area (Å²) in [5.74, 6) is 0.130. The van der Waals surface area contributed by atoms with Gasteiger partial charge in [-0.15, -0.1) is 5.10 Å². The summed E-state index contributed by atoms with van der Waals surface area (Å²) in [6.45, 7) is 1.53. The Morgan fingerprint density at radius 3 is 2.94 bits per heavy atom. The third-order valence-corrected chi connectivity index (χ3v) is 3.28. The van der Waals surface area contributed by atoms with Crippen molar-refractivity contribution in [1.82, 2.24) is 15.0 Å². The van der Waals surface area contributed by atoms with Gasteiger partial charge in [-0.3, -0.25) is 4.68 Å². The molecule has 0 amide bonds. The molecule has 18 heavy (non-hydrogen) atoms. The van der Waals surface area contributed by atoms with E-state index in [9.17, 15) is 4.79 Å². The van der Waals surface area contributed by atoms with Gasteiger partial charge in [0.25, 0.3) is 0 Å². The Hall–Kier alpha value is -1.43. The van der Waals surface area contributed by atoms with Gasteiger partial charge in [0.1, 0.15) is 0 Å². The van der Waals surface area contributed by atoms with E-state index in [1.165, 1.54) is 19.3 Å². The second-order valence-corrected chi connectivity index (χ2v) is 4.76. The number of rotatable bonds is 5. The van der Waals surface area contributed by atoms with Gasteiger partial charge in [-0.25, -0.2) is 4.79 Å². The maximum absolute atomic E-state index is 11.7. The third-order valence-electron chi connectivity index (χ3n) is 3.28. The number of carbonyl (C=O) groups is 1. The minimum absolute atomic E-state index is 0.263. The van der Waals surface area contributed by atoms with E-state index < -0.39 is 0 Å². The number of hydrogen-bond acceptors (Lipinski definition) is 5. The maximum Gasteiger partial charge on any atom is 0.360 e. The van der Waals surface area contributed by atoms with Crippen molar-refractivity contribution < 1.29 is 9.53 Å². The molecule has 0 aromatic carbocycles. The first-order valence-electron chi connectivity index (χ1n) is 6.57. The zero-order valence-electron chi connectivity index (χ0n) is 10.5. The average molecular weight is 252 g/mol. The number of ether oxygens (including phenoxy) is 1. The molecule has 6 heteroatoms. The third kappa shape index (κ3) is 3.53. The van der Waals surface area contributed by atoms with Gasteiger partial charge in [-0.05, 0) is 18.8 Å². The standard InChI is InChI=1S/C12H20N4O2/c13-6-7-16-8-11(14-15-16)12(17)18-9-10-4-2-1-3-5-10/h8,10H,1-7,9,13H2. The average Bonchev–Trinajstić information content (AvgIpc) is 2.86. The molecule has 0 aliphatic heterocycles. The summed E-state index contributed by atoms with van der Waals surface area (Å²) >= 11 is 0. The highest BCUT2D eigenvalue weighted by atomic mass is 16.5. The summed E-state index contributed by atoms with van der Waals surface area (Å²) in [6.07, 6.45) is 7.69. The number of carbonyl (C=O) groups excluding carboxylic acids is 1. The second kappa shape index (κ2) is 6.49. The largest absolute Gasteiger partial charge is 0.461 e. The SMILES string of the molecule is NCCn1cc(C(=O)OCC2CCCCC2)nn1. The smallest absolute Gasteiger partial charge is 0.360 e. The van der Waals surface area contributed by atoms with Crippen molar-refractivity contribution >= 4 is 5.97 Å². The number of esters is 1. The molecule has 1 aliphatic rings. The highest BCUT2D eigenvalue weighted by Crippen LogP contribution is 2.23. The predicted octanol–water partition coefficient (Wildman–Crippen LogP) is 0.974. The van der Waals surface area contributed by atoms with Crippen molar-refractivity contribution in [3.63, 3.8) is 0 Å². The summed E-state index contributed by atoms with van der Waals surface area (Å²) in [5.41, 5.74) is 5.66. The van der Waals surface area contributed by atoms with Crippen molar-refractivity contribution in [1.29, 1.82) is 0 Å². The molecule has 0 bridgehead atoms. The first-order chi connectivity index (χ1) is 8.79. The highest BCUT2D eigenvalue weighted by molar-refractivity contribution is 5.86. The summed E-state index contributed by atoms with van der Waals surface area (Å²) in [5, 5.41) is 7.59. The molecule has 0 spiro atoms. The lowest BCUT2D eigenvalue weighted by Gasteiger charge is -2.20. The lowest BCUT2D eigenvalue weighted by Crippen LogP contribution is -2.17. The summed E-state index contributed by atoms with van der Waals surface area (Å²) in [4.78, 5) is 11.7. The van der Waals surface area contributed by atoms with Crippen LogP contribution in [-0.4, -0.2) is 34.1 Å². The fourth-order valence-corrected chi connectivity index (χ4v) is 2.25. The molecule has 0 radical (unpaired) electrons. The molecule has 0 unspecified atom stereocenters. The van der Waals surface area contributed by atoms with Gasteiger partial charge in [0.15, 0.2) is 5.69 Å². The van der Waals surface area contributed by atoms with E-state index in [2.05, 4.69) is 10.3 Å². The minimum Gasteiger partial charge on any atom is -0.461 e. The Bertz CT molecular complexity index is 385. The van der Waals surface area contributed by atoms with E-state index in [0.29, 0.717) is 25.6 Å². The monoisotopic (exact) mass is 252 g/mol. The zero-order valence-corrected chi connectivity index (χ0v) is 10.5. The molecule has 2 N–H and O–H groups in total. The molecule has 1 saturated carbocycles. The fraction of sp³-hybridized carbons (Fsp3) is 0.750. The Balaban J connectivity index is 1.79. The van der Waals surface area contributed by atoms with Crippen molar-refractivity contribution in [3.8, 4) is 0 Å². The predicted molar refractivity (Wildman–Crippen MR) is 65.9 cm³/mol. The van der Waals surface area contributed by atoms with E-state index in [4.69, 9.17) is 10.5 Å². The summed E-state index contributed by atoms with van der Waals surface area (Å²) in [6, 6.07) is 0. The Labute approximate surface area is 106 Å². The summed E-state index contributed by atoms with van der Waals surface area (Å²) < 4.78 is 6.83. The zero-order chi connectivity index (χ0) is 12.8. The number of nitrogens with zero attached hydrogens (tertiary/aromatic N) is 3. The van der Waals surface area contributed by atoms with E-state index in [1.807, 2.05) is 0 Å². The highest BCUT2D eigenvalue weighted by Gasteiger charge is 2.17. The van der Waals surface area contributed by atoms with Crippen LogP contribution in [0.2, 0.25) is 0 Å². The van der Waals surface area contributed by atoms with Gasteiger partial charge in [-0.2, -0.15) is 0 Å². The number of nitrogens with two attached hydrogens (primary N) is 1. The number of aromatic nitrogens is 3. The van der Waals surface area contributed by atoms with Crippen LogP contribution >= 0.6 is 0 Å². The van der Waals surface area contributed by atoms with E-state index in [-0.39, 0.29) is 11.7 Å². The van der Waals surface area contributed by atoms with Crippen LogP contribution in [0, 0.1) is 5.92 Å². The normalized spacial score (nSPS) is 16.7. The fourth-order valence-electron chi connectivity index (χ4n) is 2.25. The molecular formula is C12H20N4O2. The molecule has 1 fully saturated rings. The van der Waals surface area contributed by atoms with Crippen LogP contribution < -0.4 is 5.73 Å². The molecule has 1 aromatic rings. The Morgan fingerprint density at radius 2 is 2.22 bits per heavy atom. The molecule has 2 rings (SSSR count). The van der Waals surface area contributed by atoms with Crippen LogP contribution in [0.25, 0.3) is 0 Å². The quantitative estimate of drug-likeness (QED) is 0.790. The van der Waals surface area contributed by atoms with E-state index in [1.54, 1.807) is 10.9 Å². The van der Waals surface area contributed by atoms with Gasteiger partial charge in [0, 0.05) is 6.54 Å². The first-order valence-corrected chi connectivity index (χ1v) is 6.57. The maximum atomic E-state index is 11.7. The van der Waals surface area contributed by atoms with E-state index >= 15 is 0 Å². The lowest BCUT2D eigenvalue weighted by molar-refractivity contribution is 0.0403. The van der Waals surface area contributed by atoms with Crippen LogP contribution in [0.1, 0.15) is 42.6 Å². The van der Waals surface area contributed by atoms with Gasteiger partial charge >= 0.3 is 5.97 Å². The molecule has 1 aliphatic carbocycles. The van der Waals surface area contributed by atoms with Gasteiger partial charge in [0.2, 0.25) is 0 Å². The van der Waals surface area contributed by atoms with Crippen LogP contribution in [0.15, 0.2) is 6.20 Å². The molecule has 1 aromatic heterocycles. The molecule has 100 valence electrons. The van der Waals surface area contributed by atoms with Crippen molar-refractivity contribution in [2.45, 2.75) is 38.6 Å². The topological polar surface area (TPSA) is 83.0 Å². The molecule has 0 atom stereocenters. The van der Waals surface area contributed by atoms with E-state index in [0.717, 1.165) is 12.8 Å².